The molecule has 2 atom stereocenters. The summed E-state index contributed by atoms with van der Waals surface area (Å²) in [6, 6.07) is 20.9. The number of carbonyl (C=O) groups is 1. The van der Waals surface area contributed by atoms with Crippen molar-refractivity contribution in [2.45, 2.75) is 31.7 Å². The van der Waals surface area contributed by atoms with Gasteiger partial charge in [-0.15, -0.1) is 0 Å². The van der Waals surface area contributed by atoms with Gasteiger partial charge in [0, 0.05) is 12.5 Å². The summed E-state index contributed by atoms with van der Waals surface area (Å²) in [7, 11) is 0. The van der Waals surface area contributed by atoms with Gasteiger partial charge in [-0.05, 0) is 36.8 Å². The van der Waals surface area contributed by atoms with Crippen molar-refractivity contribution in [3.63, 3.8) is 0 Å². The standard InChI is InChI=1S/C21H21NO/c1-2-9-21(23)22-16-19(17-10-5-3-6-11-17)14-15-20(22)18-12-7-4-8-13-18/h3-8,10-13,19-20H,14-16H2,1H3/t19-,20+/m1/s1. The van der Waals surface area contributed by atoms with Gasteiger partial charge in [-0.1, -0.05) is 66.6 Å². The molecule has 0 aliphatic carbocycles. The molecule has 1 aliphatic heterocycles. The maximum atomic E-state index is 12.5. The lowest BCUT2D eigenvalue weighted by Gasteiger charge is -2.39. The number of rotatable bonds is 2. The van der Waals surface area contributed by atoms with E-state index in [-0.39, 0.29) is 11.9 Å². The normalized spacial score (nSPS) is 20.5. The van der Waals surface area contributed by atoms with Crippen molar-refractivity contribution < 1.29 is 4.79 Å². The zero-order valence-corrected chi connectivity index (χ0v) is 13.4. The average Bonchev–Trinajstić information content (AvgIpc) is 2.63. The fraction of sp³-hybridized carbons (Fsp3) is 0.286. The first-order valence-corrected chi connectivity index (χ1v) is 8.13. The highest BCUT2D eigenvalue weighted by molar-refractivity contribution is 5.93. The third-order valence-electron chi connectivity index (χ3n) is 4.53. The first-order valence-electron chi connectivity index (χ1n) is 8.13. The maximum absolute atomic E-state index is 12.5. The summed E-state index contributed by atoms with van der Waals surface area (Å²) in [4.78, 5) is 14.5. The number of piperidine rings is 1. The number of likely N-dealkylation sites (tertiary alicyclic amines) is 1. The first-order chi connectivity index (χ1) is 11.3. The molecule has 0 spiro atoms. The summed E-state index contributed by atoms with van der Waals surface area (Å²) in [5, 5.41) is 0. The van der Waals surface area contributed by atoms with Crippen molar-refractivity contribution in [3.05, 3.63) is 71.8 Å². The molecule has 2 aromatic rings. The second kappa shape index (κ2) is 7.15. The number of hydrogen-bond acceptors (Lipinski definition) is 1. The molecule has 1 fully saturated rings. The van der Waals surface area contributed by atoms with Gasteiger partial charge in [0.25, 0.3) is 5.91 Å². The number of amides is 1. The summed E-state index contributed by atoms with van der Waals surface area (Å²) in [6.07, 6.45) is 2.06. The second-order valence-electron chi connectivity index (χ2n) is 5.94. The van der Waals surface area contributed by atoms with Gasteiger partial charge in [0.15, 0.2) is 0 Å². The van der Waals surface area contributed by atoms with E-state index in [0.29, 0.717) is 5.92 Å². The van der Waals surface area contributed by atoms with Crippen molar-refractivity contribution in [2.24, 2.45) is 0 Å². The molecule has 3 rings (SSSR count). The van der Waals surface area contributed by atoms with E-state index in [9.17, 15) is 4.79 Å². The molecular formula is C21H21NO. The molecule has 23 heavy (non-hydrogen) atoms. The van der Waals surface area contributed by atoms with Gasteiger partial charge in [-0.2, -0.15) is 0 Å². The SMILES string of the molecule is CC#CC(=O)N1C[C@H](c2ccccc2)CC[C@H]1c1ccccc1. The van der Waals surface area contributed by atoms with Gasteiger partial charge >= 0.3 is 0 Å². The molecule has 2 aromatic carbocycles. The lowest BCUT2D eigenvalue weighted by Crippen LogP contribution is -2.41. The van der Waals surface area contributed by atoms with E-state index in [1.807, 2.05) is 29.2 Å². The molecule has 2 nitrogen and oxygen atoms in total. The molecule has 0 radical (unpaired) electrons. The van der Waals surface area contributed by atoms with E-state index < -0.39 is 0 Å². The van der Waals surface area contributed by atoms with Crippen molar-refractivity contribution in [1.82, 2.24) is 4.90 Å². The number of carbonyl (C=O) groups excluding carboxylic acids is 1. The highest BCUT2D eigenvalue weighted by Crippen LogP contribution is 2.37. The Hall–Kier alpha value is -2.53. The molecule has 2 heteroatoms. The summed E-state index contributed by atoms with van der Waals surface area (Å²) >= 11 is 0. The number of benzene rings is 2. The summed E-state index contributed by atoms with van der Waals surface area (Å²) in [6.45, 7) is 2.45. The Labute approximate surface area is 138 Å². The Kier molecular flexibility index (Phi) is 4.78. The number of hydrogen-bond donors (Lipinski definition) is 0. The fourth-order valence-electron chi connectivity index (χ4n) is 3.39. The summed E-state index contributed by atoms with van der Waals surface area (Å²) < 4.78 is 0. The van der Waals surface area contributed by atoms with Crippen LogP contribution >= 0.6 is 0 Å². The zero-order valence-electron chi connectivity index (χ0n) is 13.4. The highest BCUT2D eigenvalue weighted by Gasteiger charge is 2.32. The molecule has 0 saturated carbocycles. The van der Waals surface area contributed by atoms with Crippen LogP contribution in [0.1, 0.15) is 42.9 Å². The lowest BCUT2D eigenvalue weighted by atomic mass is 9.85. The van der Waals surface area contributed by atoms with Crippen LogP contribution in [0.2, 0.25) is 0 Å². The second-order valence-corrected chi connectivity index (χ2v) is 5.94. The van der Waals surface area contributed by atoms with Crippen LogP contribution in [0.15, 0.2) is 60.7 Å². The van der Waals surface area contributed by atoms with E-state index in [2.05, 4.69) is 48.2 Å². The smallest absolute Gasteiger partial charge is 0.298 e. The minimum absolute atomic E-state index is 0.0676. The van der Waals surface area contributed by atoms with Crippen molar-refractivity contribution >= 4 is 5.91 Å². The van der Waals surface area contributed by atoms with Crippen LogP contribution in [0.3, 0.4) is 0 Å². The largest absolute Gasteiger partial charge is 0.324 e. The van der Waals surface area contributed by atoms with Gasteiger partial charge in [0.1, 0.15) is 0 Å². The van der Waals surface area contributed by atoms with Crippen LogP contribution in [-0.4, -0.2) is 17.4 Å². The molecule has 0 bridgehead atoms. The summed E-state index contributed by atoms with van der Waals surface area (Å²) in [5.74, 6) is 5.79. The minimum atomic E-state index is -0.0676. The zero-order chi connectivity index (χ0) is 16.1. The van der Waals surface area contributed by atoms with E-state index in [1.54, 1.807) is 6.92 Å². The van der Waals surface area contributed by atoms with E-state index in [4.69, 9.17) is 0 Å². The molecule has 1 aliphatic rings. The predicted molar refractivity (Wildman–Crippen MR) is 92.8 cm³/mol. The Morgan fingerprint density at radius 2 is 1.57 bits per heavy atom. The molecule has 1 saturated heterocycles. The molecule has 0 unspecified atom stereocenters. The van der Waals surface area contributed by atoms with Crippen LogP contribution < -0.4 is 0 Å². The van der Waals surface area contributed by atoms with Crippen LogP contribution in [0.25, 0.3) is 0 Å². The molecule has 0 N–H and O–H groups in total. The molecule has 116 valence electrons. The third-order valence-corrected chi connectivity index (χ3v) is 4.53. The third kappa shape index (κ3) is 3.46. The molecule has 1 amide bonds. The Morgan fingerprint density at radius 1 is 0.957 bits per heavy atom. The Morgan fingerprint density at radius 3 is 2.17 bits per heavy atom. The van der Waals surface area contributed by atoms with Crippen molar-refractivity contribution in [1.29, 1.82) is 0 Å². The van der Waals surface area contributed by atoms with Crippen molar-refractivity contribution in [2.75, 3.05) is 6.54 Å². The average molecular weight is 303 g/mol. The Balaban J connectivity index is 1.87. The van der Waals surface area contributed by atoms with Gasteiger partial charge < -0.3 is 4.90 Å². The lowest BCUT2D eigenvalue weighted by molar-refractivity contribution is -0.129. The van der Waals surface area contributed by atoms with Crippen LogP contribution in [-0.2, 0) is 4.79 Å². The quantitative estimate of drug-likeness (QED) is 0.763. The van der Waals surface area contributed by atoms with Crippen LogP contribution in [0.4, 0.5) is 0 Å². The maximum Gasteiger partial charge on any atom is 0.298 e. The van der Waals surface area contributed by atoms with Crippen molar-refractivity contribution in [3.8, 4) is 11.8 Å². The van der Waals surface area contributed by atoms with Gasteiger partial charge in [0.2, 0.25) is 0 Å². The number of nitrogens with zero attached hydrogens (tertiary/aromatic N) is 1. The van der Waals surface area contributed by atoms with Crippen LogP contribution in [0, 0.1) is 11.8 Å². The molecule has 1 heterocycles. The first kappa shape index (κ1) is 15.4. The summed E-state index contributed by atoms with van der Waals surface area (Å²) in [5.41, 5.74) is 2.51. The minimum Gasteiger partial charge on any atom is -0.324 e. The van der Waals surface area contributed by atoms with Gasteiger partial charge in [0.05, 0.1) is 6.04 Å². The van der Waals surface area contributed by atoms with E-state index in [0.717, 1.165) is 19.4 Å². The topological polar surface area (TPSA) is 20.3 Å². The predicted octanol–water partition coefficient (Wildman–Crippen LogP) is 4.16. The molecular weight excluding hydrogens is 282 g/mol. The fourth-order valence-corrected chi connectivity index (χ4v) is 3.39. The monoisotopic (exact) mass is 303 g/mol. The van der Waals surface area contributed by atoms with Crippen LogP contribution in [0.5, 0.6) is 0 Å². The van der Waals surface area contributed by atoms with E-state index in [1.165, 1.54) is 11.1 Å². The van der Waals surface area contributed by atoms with E-state index >= 15 is 0 Å². The highest BCUT2D eigenvalue weighted by atomic mass is 16.2. The van der Waals surface area contributed by atoms with Gasteiger partial charge in [-0.25, -0.2) is 0 Å². The van der Waals surface area contributed by atoms with Gasteiger partial charge in [-0.3, -0.25) is 4.79 Å². The molecule has 0 aromatic heterocycles. The Bertz CT molecular complexity index is 712.